The van der Waals surface area contributed by atoms with E-state index in [4.69, 9.17) is 0 Å². The summed E-state index contributed by atoms with van der Waals surface area (Å²) in [5.74, 6) is -0.305. The van der Waals surface area contributed by atoms with Crippen LogP contribution in [0.4, 0.5) is 0 Å². The minimum absolute atomic E-state index is 0.216. The smallest absolute Gasteiger partial charge is 0.272 e. The van der Waals surface area contributed by atoms with Crippen LogP contribution in [0.1, 0.15) is 34.8 Å². The Bertz CT molecular complexity index is 882. The van der Waals surface area contributed by atoms with Crippen molar-refractivity contribution >= 4 is 11.6 Å². The van der Waals surface area contributed by atoms with Gasteiger partial charge in [-0.1, -0.05) is 6.07 Å². The van der Waals surface area contributed by atoms with Crippen molar-refractivity contribution in [3.05, 3.63) is 64.0 Å². The van der Waals surface area contributed by atoms with E-state index in [1.165, 1.54) is 10.6 Å². The molecule has 7 nitrogen and oxygen atoms in total. The van der Waals surface area contributed by atoms with Crippen LogP contribution in [0.25, 0.3) is 5.65 Å². The first-order valence-corrected chi connectivity index (χ1v) is 6.86. The van der Waals surface area contributed by atoms with E-state index in [1.807, 2.05) is 6.92 Å². The van der Waals surface area contributed by atoms with E-state index in [-0.39, 0.29) is 11.5 Å². The summed E-state index contributed by atoms with van der Waals surface area (Å²) in [6.07, 6.45) is 1.55. The number of aromatic amines is 1. The zero-order valence-electron chi connectivity index (χ0n) is 12.2. The van der Waals surface area contributed by atoms with Crippen LogP contribution in [0.15, 0.2) is 41.3 Å². The second-order valence-corrected chi connectivity index (χ2v) is 5.06. The molecule has 0 saturated carbocycles. The first-order valence-electron chi connectivity index (χ1n) is 6.86. The number of hydrogen-bond donors (Lipinski definition) is 2. The Balaban J connectivity index is 1.87. The number of pyridine rings is 1. The normalized spacial score (nSPS) is 12.3. The van der Waals surface area contributed by atoms with Gasteiger partial charge in [-0.3, -0.25) is 19.7 Å². The molecule has 0 fully saturated rings. The van der Waals surface area contributed by atoms with E-state index < -0.39 is 6.04 Å². The Hall–Kier alpha value is -2.96. The molecule has 0 radical (unpaired) electrons. The summed E-state index contributed by atoms with van der Waals surface area (Å²) < 4.78 is 1.37. The lowest BCUT2D eigenvalue weighted by Crippen LogP contribution is -2.29. The van der Waals surface area contributed by atoms with E-state index in [1.54, 1.807) is 37.4 Å². The molecular weight excluding hydrogens is 282 g/mol. The largest absolute Gasteiger partial charge is 0.343 e. The van der Waals surface area contributed by atoms with E-state index in [2.05, 4.69) is 20.4 Å². The van der Waals surface area contributed by atoms with Crippen molar-refractivity contribution < 1.29 is 4.79 Å². The van der Waals surface area contributed by atoms with Gasteiger partial charge in [0.2, 0.25) is 0 Å². The topological polar surface area (TPSA) is 92.2 Å². The number of carbonyl (C=O) groups excluding carboxylic acids is 1. The number of carbonyl (C=O) groups is 1. The van der Waals surface area contributed by atoms with Crippen LogP contribution in [0, 0.1) is 6.92 Å². The molecule has 0 aromatic carbocycles. The molecule has 1 atom stereocenters. The lowest BCUT2D eigenvalue weighted by Gasteiger charge is -2.12. The second kappa shape index (κ2) is 5.44. The molecule has 1 amide bonds. The van der Waals surface area contributed by atoms with E-state index in [9.17, 15) is 9.59 Å². The maximum atomic E-state index is 12.1. The number of amides is 1. The van der Waals surface area contributed by atoms with Crippen molar-refractivity contribution in [2.45, 2.75) is 19.9 Å². The molecule has 0 spiro atoms. The van der Waals surface area contributed by atoms with Gasteiger partial charge in [-0.25, -0.2) is 9.50 Å². The van der Waals surface area contributed by atoms with Crippen molar-refractivity contribution in [3.63, 3.8) is 0 Å². The third-order valence-electron chi connectivity index (χ3n) is 3.29. The Morgan fingerprint density at radius 3 is 2.91 bits per heavy atom. The average molecular weight is 297 g/mol. The monoisotopic (exact) mass is 297 g/mol. The lowest BCUT2D eigenvalue weighted by molar-refractivity contribution is 0.0934. The van der Waals surface area contributed by atoms with Gasteiger partial charge in [0.1, 0.15) is 5.69 Å². The van der Waals surface area contributed by atoms with Crippen molar-refractivity contribution in [2.75, 3.05) is 0 Å². The maximum Gasteiger partial charge on any atom is 0.272 e. The van der Waals surface area contributed by atoms with E-state index in [0.29, 0.717) is 17.0 Å². The standard InChI is InChI=1S/C15H15N5O2/c1-9-7-13-18-12(8-14(21)20(13)19-9)10(2)17-15(22)11-5-3-4-6-16-11/h3-8,10,19H,1-2H3,(H,17,22). The SMILES string of the molecule is Cc1cc2nc(C(C)NC(=O)c3ccccn3)cc(=O)n2[nH]1. The van der Waals surface area contributed by atoms with Crippen molar-refractivity contribution in [1.82, 2.24) is 24.9 Å². The predicted octanol–water partition coefficient (Wildman–Crippen LogP) is 1.22. The molecule has 0 bridgehead atoms. The highest BCUT2D eigenvalue weighted by Gasteiger charge is 2.15. The van der Waals surface area contributed by atoms with Crippen LogP contribution in [0.5, 0.6) is 0 Å². The fraction of sp³-hybridized carbons (Fsp3) is 0.200. The zero-order chi connectivity index (χ0) is 15.7. The molecule has 0 aliphatic carbocycles. The van der Waals surface area contributed by atoms with Gasteiger partial charge in [0.25, 0.3) is 11.5 Å². The molecular formula is C15H15N5O2. The van der Waals surface area contributed by atoms with Gasteiger partial charge < -0.3 is 5.32 Å². The Morgan fingerprint density at radius 1 is 1.36 bits per heavy atom. The Kier molecular flexibility index (Phi) is 3.46. The maximum absolute atomic E-state index is 12.1. The van der Waals surface area contributed by atoms with Crippen molar-refractivity contribution in [1.29, 1.82) is 0 Å². The summed E-state index contributed by atoms with van der Waals surface area (Å²) in [7, 11) is 0. The second-order valence-electron chi connectivity index (χ2n) is 5.06. The third-order valence-corrected chi connectivity index (χ3v) is 3.29. The van der Waals surface area contributed by atoms with Crippen molar-refractivity contribution in [2.24, 2.45) is 0 Å². The van der Waals surface area contributed by atoms with Crippen LogP contribution in [0.2, 0.25) is 0 Å². The summed E-state index contributed by atoms with van der Waals surface area (Å²) in [5, 5.41) is 5.69. The first kappa shape index (κ1) is 14.0. The van der Waals surface area contributed by atoms with Crippen molar-refractivity contribution in [3.8, 4) is 0 Å². The number of aryl methyl sites for hydroxylation is 1. The molecule has 1 unspecified atom stereocenters. The molecule has 3 aromatic rings. The average Bonchev–Trinajstić information content (AvgIpc) is 2.89. The molecule has 0 aliphatic rings. The lowest BCUT2D eigenvalue weighted by atomic mass is 10.2. The predicted molar refractivity (Wildman–Crippen MR) is 80.7 cm³/mol. The molecule has 3 aromatic heterocycles. The fourth-order valence-corrected chi connectivity index (χ4v) is 2.19. The first-order chi connectivity index (χ1) is 10.5. The van der Waals surface area contributed by atoms with Crippen LogP contribution in [0.3, 0.4) is 0 Å². The van der Waals surface area contributed by atoms with Crippen LogP contribution in [-0.4, -0.2) is 25.5 Å². The van der Waals surface area contributed by atoms with Crippen LogP contribution in [-0.2, 0) is 0 Å². The molecule has 0 saturated heterocycles. The summed E-state index contributed by atoms with van der Waals surface area (Å²) >= 11 is 0. The number of hydrogen-bond acceptors (Lipinski definition) is 4. The highest BCUT2D eigenvalue weighted by atomic mass is 16.2. The van der Waals surface area contributed by atoms with Gasteiger partial charge in [0.05, 0.1) is 11.7 Å². The Morgan fingerprint density at radius 2 is 2.18 bits per heavy atom. The summed E-state index contributed by atoms with van der Waals surface area (Å²) in [4.78, 5) is 32.5. The number of nitrogens with zero attached hydrogens (tertiary/aromatic N) is 3. The van der Waals surface area contributed by atoms with Gasteiger partial charge >= 0.3 is 0 Å². The highest BCUT2D eigenvalue weighted by molar-refractivity contribution is 5.92. The third kappa shape index (κ3) is 2.60. The van der Waals surface area contributed by atoms with E-state index >= 15 is 0 Å². The fourth-order valence-electron chi connectivity index (χ4n) is 2.19. The number of aromatic nitrogens is 4. The molecule has 0 aliphatic heterocycles. The number of nitrogens with one attached hydrogen (secondary N) is 2. The minimum atomic E-state index is -0.401. The summed E-state index contributed by atoms with van der Waals surface area (Å²) in [6.45, 7) is 3.62. The quantitative estimate of drug-likeness (QED) is 0.760. The molecule has 112 valence electrons. The van der Waals surface area contributed by atoms with E-state index in [0.717, 1.165) is 5.69 Å². The zero-order valence-corrected chi connectivity index (χ0v) is 12.2. The molecule has 7 heteroatoms. The highest BCUT2D eigenvalue weighted by Crippen LogP contribution is 2.10. The molecule has 3 rings (SSSR count). The number of H-pyrrole nitrogens is 1. The van der Waals surface area contributed by atoms with Crippen LogP contribution >= 0.6 is 0 Å². The number of rotatable bonds is 3. The minimum Gasteiger partial charge on any atom is -0.343 e. The van der Waals surface area contributed by atoms with Crippen LogP contribution < -0.4 is 10.9 Å². The molecule has 3 heterocycles. The van der Waals surface area contributed by atoms with Gasteiger partial charge in [0, 0.05) is 24.0 Å². The molecule has 22 heavy (non-hydrogen) atoms. The van der Waals surface area contributed by atoms with Gasteiger partial charge in [-0.15, -0.1) is 0 Å². The van der Waals surface area contributed by atoms with Gasteiger partial charge in [0.15, 0.2) is 5.65 Å². The molecule has 2 N–H and O–H groups in total. The summed E-state index contributed by atoms with van der Waals surface area (Å²) in [5.41, 5.74) is 1.98. The van der Waals surface area contributed by atoms with Gasteiger partial charge in [-0.05, 0) is 26.0 Å². The number of fused-ring (bicyclic) bond motifs is 1. The Labute approximate surface area is 126 Å². The van der Waals surface area contributed by atoms with Gasteiger partial charge in [-0.2, -0.15) is 0 Å². The summed E-state index contributed by atoms with van der Waals surface area (Å²) in [6, 6.07) is 7.90.